The van der Waals surface area contributed by atoms with Crippen molar-refractivity contribution in [2.24, 2.45) is 16.8 Å². The molecule has 8 rings (SSSR count). The highest BCUT2D eigenvalue weighted by molar-refractivity contribution is 6.04. The van der Waals surface area contributed by atoms with Gasteiger partial charge in [-0.1, -0.05) is 86.7 Å². The molecule has 3 aliphatic heterocycles. The summed E-state index contributed by atoms with van der Waals surface area (Å²) in [4.78, 5) is 92.4. The predicted molar refractivity (Wildman–Crippen MR) is 266 cm³/mol. The molecular formula is C51H61N13O10. The topological polar surface area (TPSA) is 283 Å². The lowest BCUT2D eigenvalue weighted by atomic mass is 9.95. The number of nitrogens with one attached hydrogen (secondary N) is 3. The minimum atomic E-state index is -0.901. The number of esters is 2. The molecule has 23 nitrogen and oxygen atoms in total. The molecule has 5 aromatic rings. The molecule has 0 radical (unpaired) electrons. The minimum Gasteiger partial charge on any atom is -0.459 e. The fourth-order valence-electron chi connectivity index (χ4n) is 9.53. The number of H-pyrrole nitrogens is 1. The SMILES string of the molecule is COC(=O)N[C@H](C(=O)N1C[C@@H](n2cc(COC(C)=O)nn2)C[C@H]1C1=NC=C(c2ccc(-c3ccc(-c4cnc(C5C[C@H](n6cc(COC(C)=O)nn6)CN5C(=O)[C@@H](NC(=O)CO)C(C)C)[nH]4)cc3)cc2)C1)C(C)C. The van der Waals surface area contributed by atoms with Crippen LogP contribution in [0.1, 0.15) is 102 Å². The number of likely N-dealkylation sites (tertiary alicyclic amines) is 2. The maximum absolute atomic E-state index is 14.3. The van der Waals surface area contributed by atoms with Crippen LogP contribution in [0.25, 0.3) is 28.0 Å². The number of alkyl carbamates (subject to hydrolysis) is 1. The summed E-state index contributed by atoms with van der Waals surface area (Å²) in [6.07, 6.45) is 7.68. The number of ether oxygens (including phenoxy) is 3. The normalized spacial score (nSPS) is 19.3. The maximum Gasteiger partial charge on any atom is 0.407 e. The Hall–Kier alpha value is -8.08. The van der Waals surface area contributed by atoms with Crippen LogP contribution in [-0.4, -0.2) is 141 Å². The summed E-state index contributed by atoms with van der Waals surface area (Å²) in [6.45, 7) is 9.70. The van der Waals surface area contributed by atoms with Crippen LogP contribution in [-0.2, 0) is 51.4 Å². The van der Waals surface area contributed by atoms with Crippen molar-refractivity contribution in [2.75, 3.05) is 26.8 Å². The Morgan fingerprint density at radius 3 is 1.73 bits per heavy atom. The third-order valence-electron chi connectivity index (χ3n) is 13.5. The van der Waals surface area contributed by atoms with Gasteiger partial charge in [-0.25, -0.2) is 19.1 Å². The first kappa shape index (κ1) is 52.2. The van der Waals surface area contributed by atoms with Crippen LogP contribution in [0.4, 0.5) is 4.79 Å². The van der Waals surface area contributed by atoms with Crippen molar-refractivity contribution in [3.8, 4) is 22.4 Å². The van der Waals surface area contributed by atoms with Gasteiger partial charge >= 0.3 is 18.0 Å². The number of nitrogens with zero attached hydrogens (tertiary/aromatic N) is 10. The number of amides is 4. The number of allylic oxidation sites excluding steroid dienone is 1. The summed E-state index contributed by atoms with van der Waals surface area (Å²) < 4.78 is 18.4. The van der Waals surface area contributed by atoms with Gasteiger partial charge in [0, 0.05) is 45.3 Å². The molecule has 2 saturated heterocycles. The zero-order valence-corrected chi connectivity index (χ0v) is 42.3. The predicted octanol–water partition coefficient (Wildman–Crippen LogP) is 4.11. The third kappa shape index (κ3) is 11.9. The summed E-state index contributed by atoms with van der Waals surface area (Å²) in [7, 11) is 1.26. The number of aromatic nitrogens is 8. The van der Waals surface area contributed by atoms with E-state index in [9.17, 15) is 33.9 Å². The molecule has 0 saturated carbocycles. The standard InChI is InChI=1S/C51H61N13O10/c1-28(2)46(55-45(68)25-65)49(69)62-24-40(64-22-38(58-60-64)27-74-31(6)67)18-44(62)48-53-20-42(54-48)35-14-12-33(13-15-35)32-8-10-34(11-9-32)36-16-41(52-19-36)43-17-39(63-21-37(57-59-63)26-73-30(5)66)23-61(43)50(70)47(29(3)4)56-51(71)72-7/h8-15,19-22,28-29,39-40,43-44,46-47,65H,16-18,23-27H2,1-7H3,(H,53,54)(H,55,68)(H,56,71)/t39-,40-,43-,44?,46-,47-/m0/s1. The first-order valence-corrected chi connectivity index (χ1v) is 24.5. The van der Waals surface area contributed by atoms with E-state index in [1.807, 2.05) is 82.4 Å². The molecule has 0 bridgehead atoms. The second-order valence-electron chi connectivity index (χ2n) is 19.3. The highest BCUT2D eigenvalue weighted by atomic mass is 16.5. The van der Waals surface area contributed by atoms with Crippen LogP contribution >= 0.6 is 0 Å². The van der Waals surface area contributed by atoms with Gasteiger partial charge in [-0.15, -0.1) is 10.2 Å². The van der Waals surface area contributed by atoms with Gasteiger partial charge in [0.25, 0.3) is 0 Å². The van der Waals surface area contributed by atoms with Crippen molar-refractivity contribution in [1.82, 2.24) is 60.4 Å². The molecule has 1 unspecified atom stereocenters. The van der Waals surface area contributed by atoms with Gasteiger partial charge in [-0.3, -0.25) is 29.0 Å². The smallest absolute Gasteiger partial charge is 0.407 e. The lowest BCUT2D eigenvalue weighted by Crippen LogP contribution is -2.53. The van der Waals surface area contributed by atoms with Crippen molar-refractivity contribution in [3.05, 3.63) is 96.1 Å². The summed E-state index contributed by atoms with van der Waals surface area (Å²) >= 11 is 0. The monoisotopic (exact) mass is 1020 g/mol. The van der Waals surface area contributed by atoms with E-state index < -0.39 is 54.7 Å². The Labute approximate surface area is 426 Å². The van der Waals surface area contributed by atoms with E-state index in [-0.39, 0.29) is 62.0 Å². The lowest BCUT2D eigenvalue weighted by Gasteiger charge is -2.31. The van der Waals surface area contributed by atoms with E-state index in [4.69, 9.17) is 24.2 Å². The number of carbonyl (C=O) groups excluding carboxylic acids is 6. The van der Waals surface area contributed by atoms with Crippen LogP contribution in [0.3, 0.4) is 0 Å². The molecule has 6 heterocycles. The van der Waals surface area contributed by atoms with Gasteiger partial charge in [-0.05, 0) is 52.5 Å². The number of hydrogen-bond acceptors (Lipinski definition) is 16. The molecule has 2 aromatic carbocycles. The number of rotatable bonds is 18. The number of carbonyl (C=O) groups is 6. The molecule has 4 N–H and O–H groups in total. The number of aromatic amines is 1. The Morgan fingerprint density at radius 1 is 0.716 bits per heavy atom. The van der Waals surface area contributed by atoms with E-state index in [0.29, 0.717) is 36.5 Å². The number of benzene rings is 2. The molecular weight excluding hydrogens is 955 g/mol. The summed E-state index contributed by atoms with van der Waals surface area (Å²) in [5.74, 6) is -2.10. The Morgan fingerprint density at radius 2 is 1.22 bits per heavy atom. The van der Waals surface area contributed by atoms with E-state index in [1.54, 1.807) is 37.8 Å². The molecule has 74 heavy (non-hydrogen) atoms. The minimum absolute atomic E-state index is 0.0227. The molecule has 6 atom stereocenters. The maximum atomic E-state index is 14.3. The average Bonchev–Trinajstić information content (AvgIpc) is 4.26. The fourth-order valence-corrected chi connectivity index (χ4v) is 9.53. The van der Waals surface area contributed by atoms with E-state index in [2.05, 4.69) is 36.2 Å². The number of aliphatic hydroxyl groups excluding tert-OH is 1. The first-order valence-electron chi connectivity index (χ1n) is 24.5. The van der Waals surface area contributed by atoms with Crippen molar-refractivity contribution < 1.29 is 48.1 Å². The van der Waals surface area contributed by atoms with Crippen LogP contribution in [0, 0.1) is 11.8 Å². The van der Waals surface area contributed by atoms with Gasteiger partial charge in [0.2, 0.25) is 17.7 Å². The van der Waals surface area contributed by atoms with Gasteiger partial charge in [0.05, 0.1) is 55.6 Å². The van der Waals surface area contributed by atoms with E-state index >= 15 is 0 Å². The van der Waals surface area contributed by atoms with Crippen molar-refractivity contribution in [2.45, 2.75) is 110 Å². The summed E-state index contributed by atoms with van der Waals surface area (Å²) in [6, 6.07) is 13.0. The Bertz CT molecular complexity index is 2920. The van der Waals surface area contributed by atoms with Crippen LogP contribution in [0.15, 0.2) is 78.3 Å². The highest BCUT2D eigenvalue weighted by Crippen LogP contribution is 2.39. The molecule has 390 valence electrons. The van der Waals surface area contributed by atoms with E-state index in [1.165, 1.54) is 21.0 Å². The van der Waals surface area contributed by atoms with Crippen LogP contribution in [0.2, 0.25) is 0 Å². The Balaban J connectivity index is 0.952. The quantitative estimate of drug-likeness (QED) is 0.0710. The van der Waals surface area contributed by atoms with Gasteiger partial charge < -0.3 is 44.7 Å². The molecule has 4 amide bonds. The summed E-state index contributed by atoms with van der Waals surface area (Å²) in [5.41, 5.74) is 7.27. The number of imidazole rings is 1. The van der Waals surface area contributed by atoms with Crippen LogP contribution < -0.4 is 10.6 Å². The second kappa shape index (κ2) is 22.8. The molecule has 0 aliphatic carbocycles. The fraction of sp³-hybridized carbons (Fsp3) is 0.451. The van der Waals surface area contributed by atoms with Crippen molar-refractivity contribution in [1.29, 1.82) is 0 Å². The third-order valence-corrected chi connectivity index (χ3v) is 13.5. The Kier molecular flexibility index (Phi) is 16.1. The van der Waals surface area contributed by atoms with E-state index in [0.717, 1.165) is 39.2 Å². The lowest BCUT2D eigenvalue weighted by molar-refractivity contribution is -0.143. The zero-order valence-electron chi connectivity index (χ0n) is 42.3. The zero-order chi connectivity index (χ0) is 52.8. The molecule has 3 aromatic heterocycles. The van der Waals surface area contributed by atoms with Crippen LogP contribution in [0.5, 0.6) is 0 Å². The van der Waals surface area contributed by atoms with Gasteiger partial charge in [-0.2, -0.15) is 0 Å². The molecule has 0 spiro atoms. The number of hydrogen-bond donors (Lipinski definition) is 4. The first-order chi connectivity index (χ1) is 35.5. The average molecular weight is 1020 g/mol. The highest BCUT2D eigenvalue weighted by Gasteiger charge is 2.45. The second-order valence-corrected chi connectivity index (χ2v) is 19.3. The molecule has 2 fully saturated rings. The van der Waals surface area contributed by atoms with Crippen molar-refractivity contribution >= 4 is 47.0 Å². The van der Waals surface area contributed by atoms with Crippen molar-refractivity contribution in [3.63, 3.8) is 0 Å². The van der Waals surface area contributed by atoms with Gasteiger partial charge in [0.15, 0.2) is 0 Å². The number of aliphatic hydroxyl groups is 1. The largest absolute Gasteiger partial charge is 0.459 e. The number of aliphatic imine (C=N–C) groups is 1. The summed E-state index contributed by atoms with van der Waals surface area (Å²) in [5, 5.41) is 31.7. The number of methoxy groups -OCH3 is 1. The van der Waals surface area contributed by atoms with Gasteiger partial charge in [0.1, 0.15) is 49.1 Å². The molecule has 23 heteroatoms. The molecule has 3 aliphatic rings.